The number of hydrogen-bond acceptors (Lipinski definition) is 4. The fourth-order valence-corrected chi connectivity index (χ4v) is 0.335. The third-order valence-corrected chi connectivity index (χ3v) is 0.977. The molecule has 0 aliphatic rings. The number of hydrogen-bond donors (Lipinski definition) is 1. The number of rotatable bonds is 2. The van der Waals surface area contributed by atoms with Gasteiger partial charge in [-0.25, -0.2) is 0 Å². The Morgan fingerprint density at radius 2 is 1.82 bits per heavy atom. The second-order valence-corrected chi connectivity index (χ2v) is 1.96. The van der Waals surface area contributed by atoms with Gasteiger partial charge in [-0.15, -0.1) is 0 Å². The molecular formula is C7H6N4. The molecule has 11 heavy (non-hydrogen) atoms. The standard InChI is InChI=1S/C7H6N4/c1-7(5-9,6-10)11-4-2-3-8/h2,4,11H,1H3/b4-2+. The zero-order chi connectivity index (χ0) is 8.74. The van der Waals surface area contributed by atoms with Crippen LogP contribution in [0.4, 0.5) is 0 Å². The molecule has 4 nitrogen and oxygen atoms in total. The monoisotopic (exact) mass is 146 g/mol. The Bertz CT molecular complexity index is 256. The molecule has 0 fully saturated rings. The average Bonchev–Trinajstić information content (AvgIpc) is 2.05. The zero-order valence-electron chi connectivity index (χ0n) is 6.00. The van der Waals surface area contributed by atoms with Crippen molar-refractivity contribution < 1.29 is 0 Å². The summed E-state index contributed by atoms with van der Waals surface area (Å²) in [7, 11) is 0. The van der Waals surface area contributed by atoms with E-state index < -0.39 is 5.54 Å². The number of nitriles is 3. The van der Waals surface area contributed by atoms with E-state index in [-0.39, 0.29) is 0 Å². The molecule has 0 rings (SSSR count). The highest BCUT2D eigenvalue weighted by Crippen LogP contribution is 1.97. The van der Waals surface area contributed by atoms with Gasteiger partial charge in [0.25, 0.3) is 0 Å². The fourth-order valence-electron chi connectivity index (χ4n) is 0.335. The van der Waals surface area contributed by atoms with E-state index in [1.165, 1.54) is 13.1 Å². The first-order valence-electron chi connectivity index (χ1n) is 2.83. The Kier molecular flexibility index (Phi) is 3.22. The van der Waals surface area contributed by atoms with Gasteiger partial charge in [0, 0.05) is 12.3 Å². The molecule has 0 aliphatic carbocycles. The summed E-state index contributed by atoms with van der Waals surface area (Å²) in [5.74, 6) is 0. The number of nitrogens with zero attached hydrogens (tertiary/aromatic N) is 3. The van der Waals surface area contributed by atoms with Crippen molar-refractivity contribution >= 4 is 0 Å². The molecule has 0 radical (unpaired) electrons. The minimum Gasteiger partial charge on any atom is -0.361 e. The molecule has 0 aromatic heterocycles. The third kappa shape index (κ3) is 2.89. The van der Waals surface area contributed by atoms with Gasteiger partial charge in [-0.1, -0.05) is 0 Å². The lowest BCUT2D eigenvalue weighted by atomic mass is 10.1. The van der Waals surface area contributed by atoms with Gasteiger partial charge >= 0.3 is 0 Å². The van der Waals surface area contributed by atoms with Crippen molar-refractivity contribution in [3.63, 3.8) is 0 Å². The van der Waals surface area contributed by atoms with Crippen molar-refractivity contribution in [2.24, 2.45) is 0 Å². The minimum atomic E-state index is -1.24. The van der Waals surface area contributed by atoms with E-state index in [1.54, 1.807) is 18.2 Å². The van der Waals surface area contributed by atoms with Gasteiger partial charge in [-0.05, 0) is 6.92 Å². The van der Waals surface area contributed by atoms with Gasteiger partial charge in [0.1, 0.15) is 12.1 Å². The van der Waals surface area contributed by atoms with Crippen LogP contribution in [0.25, 0.3) is 0 Å². The molecule has 1 N–H and O–H groups in total. The summed E-state index contributed by atoms with van der Waals surface area (Å²) < 4.78 is 0. The van der Waals surface area contributed by atoms with E-state index >= 15 is 0 Å². The Balaban J connectivity index is 4.18. The van der Waals surface area contributed by atoms with Crippen molar-refractivity contribution in [1.82, 2.24) is 5.32 Å². The molecule has 54 valence electrons. The van der Waals surface area contributed by atoms with Crippen LogP contribution in [-0.4, -0.2) is 5.54 Å². The SMILES string of the molecule is CC(C#N)(C#N)N/C=C/C#N. The van der Waals surface area contributed by atoms with Crippen LogP contribution in [0.3, 0.4) is 0 Å². The van der Waals surface area contributed by atoms with Gasteiger partial charge < -0.3 is 5.32 Å². The lowest BCUT2D eigenvalue weighted by molar-refractivity contribution is 0.646. The fraction of sp³-hybridized carbons (Fsp3) is 0.286. The molecule has 0 aromatic carbocycles. The number of nitrogens with one attached hydrogen (secondary N) is 1. The molecule has 0 bridgehead atoms. The molecule has 0 aromatic rings. The van der Waals surface area contributed by atoms with Crippen LogP contribution < -0.4 is 5.32 Å². The molecule has 4 heteroatoms. The second-order valence-electron chi connectivity index (χ2n) is 1.96. The molecule has 0 saturated heterocycles. The van der Waals surface area contributed by atoms with Crippen molar-refractivity contribution in [2.45, 2.75) is 12.5 Å². The van der Waals surface area contributed by atoms with Gasteiger partial charge in [0.05, 0.1) is 6.07 Å². The Hall–Kier alpha value is -1.99. The van der Waals surface area contributed by atoms with Crippen molar-refractivity contribution in [3.05, 3.63) is 12.3 Å². The van der Waals surface area contributed by atoms with E-state index in [0.717, 1.165) is 6.08 Å². The van der Waals surface area contributed by atoms with E-state index in [1.807, 2.05) is 0 Å². The minimum absolute atomic E-state index is 1.16. The zero-order valence-corrected chi connectivity index (χ0v) is 6.00. The normalized spacial score (nSPS) is 9.64. The maximum atomic E-state index is 8.43. The van der Waals surface area contributed by atoms with Crippen LogP contribution in [0.2, 0.25) is 0 Å². The van der Waals surface area contributed by atoms with Crippen molar-refractivity contribution in [3.8, 4) is 18.2 Å². The predicted molar refractivity (Wildman–Crippen MR) is 37.5 cm³/mol. The summed E-state index contributed by atoms with van der Waals surface area (Å²) in [5.41, 5.74) is -1.24. The summed E-state index contributed by atoms with van der Waals surface area (Å²) in [4.78, 5) is 0. The van der Waals surface area contributed by atoms with Crippen LogP contribution in [-0.2, 0) is 0 Å². The third-order valence-electron chi connectivity index (χ3n) is 0.977. The Morgan fingerprint density at radius 3 is 2.18 bits per heavy atom. The van der Waals surface area contributed by atoms with Crippen molar-refractivity contribution in [1.29, 1.82) is 15.8 Å². The first kappa shape index (κ1) is 9.01. The smallest absolute Gasteiger partial charge is 0.209 e. The lowest BCUT2D eigenvalue weighted by Crippen LogP contribution is -2.35. The van der Waals surface area contributed by atoms with Gasteiger partial charge in [-0.2, -0.15) is 15.8 Å². The number of allylic oxidation sites excluding steroid dienone is 1. The summed E-state index contributed by atoms with van der Waals surface area (Å²) in [6, 6.07) is 5.23. The first-order chi connectivity index (χ1) is 5.18. The topological polar surface area (TPSA) is 83.4 Å². The summed E-state index contributed by atoms with van der Waals surface area (Å²) in [6.45, 7) is 1.43. The van der Waals surface area contributed by atoms with Crippen molar-refractivity contribution in [2.75, 3.05) is 0 Å². The van der Waals surface area contributed by atoms with E-state index in [4.69, 9.17) is 15.8 Å². The Labute approximate surface area is 65.0 Å². The van der Waals surface area contributed by atoms with Crippen LogP contribution in [0.5, 0.6) is 0 Å². The van der Waals surface area contributed by atoms with E-state index in [0.29, 0.717) is 0 Å². The Morgan fingerprint density at radius 1 is 1.27 bits per heavy atom. The molecule has 0 saturated carbocycles. The maximum absolute atomic E-state index is 8.43. The first-order valence-corrected chi connectivity index (χ1v) is 2.83. The molecule has 0 spiro atoms. The van der Waals surface area contributed by atoms with Gasteiger partial charge in [-0.3, -0.25) is 0 Å². The lowest BCUT2D eigenvalue weighted by Gasteiger charge is -2.10. The molecule has 0 unspecified atom stereocenters. The molecule has 0 amide bonds. The van der Waals surface area contributed by atoms with Gasteiger partial charge in [0.2, 0.25) is 5.54 Å². The highest BCUT2D eigenvalue weighted by Gasteiger charge is 2.19. The largest absolute Gasteiger partial charge is 0.361 e. The average molecular weight is 146 g/mol. The van der Waals surface area contributed by atoms with Gasteiger partial charge in [0.15, 0.2) is 0 Å². The van der Waals surface area contributed by atoms with Crippen LogP contribution in [0, 0.1) is 34.0 Å². The predicted octanol–water partition coefficient (Wildman–Crippen LogP) is 0.419. The second kappa shape index (κ2) is 3.93. The van der Waals surface area contributed by atoms with Crippen LogP contribution in [0.15, 0.2) is 12.3 Å². The molecule has 0 heterocycles. The molecular weight excluding hydrogens is 140 g/mol. The molecule has 0 aliphatic heterocycles. The van der Waals surface area contributed by atoms with E-state index in [9.17, 15) is 0 Å². The highest BCUT2D eigenvalue weighted by atomic mass is 14.9. The van der Waals surface area contributed by atoms with Crippen LogP contribution in [0.1, 0.15) is 6.92 Å². The summed E-state index contributed by atoms with van der Waals surface area (Å²) in [6.07, 6.45) is 2.43. The maximum Gasteiger partial charge on any atom is 0.209 e. The summed E-state index contributed by atoms with van der Waals surface area (Å²) in [5, 5.41) is 27.4. The van der Waals surface area contributed by atoms with Crippen LogP contribution >= 0.6 is 0 Å². The quantitative estimate of drug-likeness (QED) is 0.572. The summed E-state index contributed by atoms with van der Waals surface area (Å²) >= 11 is 0. The highest BCUT2D eigenvalue weighted by molar-refractivity contribution is 5.21. The molecule has 0 atom stereocenters. The van der Waals surface area contributed by atoms with E-state index in [2.05, 4.69) is 5.32 Å².